The zero-order valence-electron chi connectivity index (χ0n) is 12.5. The molecule has 0 unspecified atom stereocenters. The number of aromatic nitrogens is 2. The first-order chi connectivity index (χ1) is 10.2. The molecule has 114 valence electrons. The quantitative estimate of drug-likeness (QED) is 0.803. The molecule has 0 aromatic carbocycles. The van der Waals surface area contributed by atoms with Crippen molar-refractivity contribution < 1.29 is 5.11 Å². The minimum Gasteiger partial charge on any atom is -0.396 e. The van der Waals surface area contributed by atoms with E-state index in [-0.39, 0.29) is 12.2 Å². The maximum atomic E-state index is 12.1. The molecule has 0 atom stereocenters. The van der Waals surface area contributed by atoms with Crippen LogP contribution in [0.25, 0.3) is 5.65 Å². The van der Waals surface area contributed by atoms with Crippen molar-refractivity contribution in [3.05, 3.63) is 46.5 Å². The number of nitrogens with zero attached hydrogens (tertiary/aromatic N) is 3. The summed E-state index contributed by atoms with van der Waals surface area (Å²) in [5.74, 6) is 0. The summed E-state index contributed by atoms with van der Waals surface area (Å²) < 4.78 is 1.55. The van der Waals surface area contributed by atoms with Crippen LogP contribution in [-0.4, -0.2) is 39.1 Å². The van der Waals surface area contributed by atoms with Gasteiger partial charge in [-0.05, 0) is 31.5 Å². The van der Waals surface area contributed by atoms with Gasteiger partial charge in [0.25, 0.3) is 5.56 Å². The summed E-state index contributed by atoms with van der Waals surface area (Å²) in [5.41, 5.74) is 1.42. The maximum absolute atomic E-state index is 12.1. The molecule has 0 amide bonds. The molecule has 0 fully saturated rings. The number of pyridine rings is 1. The monoisotopic (exact) mass is 289 g/mol. The van der Waals surface area contributed by atoms with Crippen molar-refractivity contribution in [1.82, 2.24) is 14.3 Å². The summed E-state index contributed by atoms with van der Waals surface area (Å²) in [6, 6.07) is 7.15. The molecular formula is C16H23N3O2. The van der Waals surface area contributed by atoms with Crippen molar-refractivity contribution in [2.45, 2.75) is 32.7 Å². The minimum absolute atomic E-state index is 0.0480. The largest absolute Gasteiger partial charge is 0.396 e. The highest BCUT2D eigenvalue weighted by atomic mass is 16.3. The van der Waals surface area contributed by atoms with Crippen LogP contribution in [0.15, 0.2) is 35.3 Å². The first-order valence-corrected chi connectivity index (χ1v) is 7.55. The third kappa shape index (κ3) is 4.37. The van der Waals surface area contributed by atoms with Gasteiger partial charge in [0.2, 0.25) is 0 Å². The third-order valence-electron chi connectivity index (χ3n) is 3.47. The van der Waals surface area contributed by atoms with E-state index in [0.717, 1.165) is 38.0 Å². The number of aliphatic hydroxyl groups is 1. The molecule has 5 heteroatoms. The molecule has 21 heavy (non-hydrogen) atoms. The fourth-order valence-electron chi connectivity index (χ4n) is 2.36. The predicted octanol–water partition coefficient (Wildman–Crippen LogP) is 1.68. The Bertz CT molecular complexity index is 616. The molecule has 0 radical (unpaired) electrons. The van der Waals surface area contributed by atoms with Gasteiger partial charge in [0.05, 0.1) is 5.69 Å². The van der Waals surface area contributed by atoms with Gasteiger partial charge in [0, 0.05) is 32.0 Å². The Kier molecular flexibility index (Phi) is 5.90. The summed E-state index contributed by atoms with van der Waals surface area (Å²) in [4.78, 5) is 18.9. The second kappa shape index (κ2) is 7.90. The van der Waals surface area contributed by atoms with Crippen molar-refractivity contribution in [1.29, 1.82) is 0 Å². The van der Waals surface area contributed by atoms with Crippen LogP contribution in [0, 0.1) is 0 Å². The maximum Gasteiger partial charge on any atom is 0.258 e. The first-order valence-electron chi connectivity index (χ1n) is 7.55. The van der Waals surface area contributed by atoms with Crippen molar-refractivity contribution in [3.63, 3.8) is 0 Å². The van der Waals surface area contributed by atoms with Gasteiger partial charge < -0.3 is 5.11 Å². The van der Waals surface area contributed by atoms with Crippen LogP contribution in [0.3, 0.4) is 0 Å². The molecule has 0 saturated carbocycles. The zero-order chi connectivity index (χ0) is 15.1. The van der Waals surface area contributed by atoms with Gasteiger partial charge in [-0.1, -0.05) is 19.4 Å². The van der Waals surface area contributed by atoms with E-state index in [1.165, 1.54) is 0 Å². The molecule has 0 aliphatic carbocycles. The third-order valence-corrected chi connectivity index (χ3v) is 3.47. The lowest BCUT2D eigenvalue weighted by Gasteiger charge is -2.21. The molecule has 1 N–H and O–H groups in total. The average molecular weight is 289 g/mol. The number of aliphatic hydroxyl groups excluding tert-OH is 1. The molecule has 5 nitrogen and oxygen atoms in total. The topological polar surface area (TPSA) is 57.8 Å². The standard InChI is InChI=1S/C16H23N3O2/c1-2-3-8-18(9-6-11-20)13-14-12-16(21)19-10-5-4-7-15(19)17-14/h4-5,7,10,12,20H,2-3,6,8-9,11,13H2,1H3. The Labute approximate surface area is 124 Å². The van der Waals surface area contributed by atoms with E-state index < -0.39 is 0 Å². The summed E-state index contributed by atoms with van der Waals surface area (Å²) in [5, 5.41) is 9.00. The van der Waals surface area contributed by atoms with Crippen LogP contribution in [-0.2, 0) is 6.54 Å². The van der Waals surface area contributed by atoms with E-state index in [1.54, 1.807) is 16.7 Å². The molecular weight excluding hydrogens is 266 g/mol. The van der Waals surface area contributed by atoms with Gasteiger partial charge in [-0.2, -0.15) is 0 Å². The van der Waals surface area contributed by atoms with Gasteiger partial charge in [0.15, 0.2) is 0 Å². The number of unbranched alkanes of at least 4 members (excludes halogenated alkanes) is 1. The highest BCUT2D eigenvalue weighted by molar-refractivity contribution is 5.37. The minimum atomic E-state index is -0.0480. The highest BCUT2D eigenvalue weighted by Crippen LogP contribution is 2.05. The van der Waals surface area contributed by atoms with Gasteiger partial charge in [-0.3, -0.25) is 14.1 Å². The Balaban J connectivity index is 2.17. The van der Waals surface area contributed by atoms with Gasteiger partial charge in [-0.25, -0.2) is 4.98 Å². The van der Waals surface area contributed by atoms with Crippen molar-refractivity contribution in [2.24, 2.45) is 0 Å². The van der Waals surface area contributed by atoms with E-state index >= 15 is 0 Å². The summed E-state index contributed by atoms with van der Waals surface area (Å²) >= 11 is 0. The van der Waals surface area contributed by atoms with E-state index in [1.807, 2.05) is 18.2 Å². The summed E-state index contributed by atoms with van der Waals surface area (Å²) in [7, 11) is 0. The number of hydrogen-bond donors (Lipinski definition) is 1. The Hall–Kier alpha value is -1.72. The lowest BCUT2D eigenvalue weighted by atomic mass is 10.2. The fraction of sp³-hybridized carbons (Fsp3) is 0.500. The number of rotatable bonds is 8. The molecule has 0 aliphatic heterocycles. The fourth-order valence-corrected chi connectivity index (χ4v) is 2.36. The molecule has 0 spiro atoms. The van der Waals surface area contributed by atoms with E-state index in [0.29, 0.717) is 12.2 Å². The molecule has 0 bridgehead atoms. The molecule has 2 rings (SSSR count). The normalized spacial score (nSPS) is 11.4. The number of fused-ring (bicyclic) bond motifs is 1. The van der Waals surface area contributed by atoms with Crippen LogP contribution in [0.4, 0.5) is 0 Å². The smallest absolute Gasteiger partial charge is 0.258 e. The highest BCUT2D eigenvalue weighted by Gasteiger charge is 2.08. The van der Waals surface area contributed by atoms with E-state index in [4.69, 9.17) is 5.11 Å². The lowest BCUT2D eigenvalue weighted by molar-refractivity contribution is 0.214. The molecule has 0 aliphatic rings. The van der Waals surface area contributed by atoms with Crippen molar-refractivity contribution >= 4 is 5.65 Å². The van der Waals surface area contributed by atoms with Crippen LogP contribution in [0.5, 0.6) is 0 Å². The lowest BCUT2D eigenvalue weighted by Crippen LogP contribution is -2.28. The number of hydrogen-bond acceptors (Lipinski definition) is 4. The molecule has 2 aromatic heterocycles. The second-order valence-corrected chi connectivity index (χ2v) is 5.22. The Morgan fingerprint density at radius 2 is 2.10 bits per heavy atom. The Morgan fingerprint density at radius 3 is 2.86 bits per heavy atom. The summed E-state index contributed by atoms with van der Waals surface area (Å²) in [6.45, 7) is 4.79. The van der Waals surface area contributed by atoms with Crippen LogP contribution in [0.2, 0.25) is 0 Å². The van der Waals surface area contributed by atoms with E-state index in [9.17, 15) is 4.79 Å². The molecule has 2 aromatic rings. The zero-order valence-corrected chi connectivity index (χ0v) is 12.5. The predicted molar refractivity (Wildman–Crippen MR) is 83.3 cm³/mol. The van der Waals surface area contributed by atoms with Gasteiger partial charge in [-0.15, -0.1) is 0 Å². The SMILES string of the molecule is CCCCN(CCCO)Cc1cc(=O)n2ccccc2n1. The van der Waals surface area contributed by atoms with Crippen LogP contribution >= 0.6 is 0 Å². The summed E-state index contributed by atoms with van der Waals surface area (Å²) in [6.07, 6.45) is 4.72. The van der Waals surface area contributed by atoms with Crippen molar-refractivity contribution in [3.8, 4) is 0 Å². The van der Waals surface area contributed by atoms with Crippen LogP contribution in [0.1, 0.15) is 31.9 Å². The average Bonchev–Trinajstić information content (AvgIpc) is 2.50. The first kappa shape index (κ1) is 15.7. The Morgan fingerprint density at radius 1 is 1.29 bits per heavy atom. The van der Waals surface area contributed by atoms with E-state index in [2.05, 4.69) is 16.8 Å². The van der Waals surface area contributed by atoms with Gasteiger partial charge >= 0.3 is 0 Å². The second-order valence-electron chi connectivity index (χ2n) is 5.22. The molecule has 0 saturated heterocycles. The molecule has 2 heterocycles. The van der Waals surface area contributed by atoms with Crippen LogP contribution < -0.4 is 5.56 Å². The van der Waals surface area contributed by atoms with Gasteiger partial charge in [0.1, 0.15) is 5.65 Å². The van der Waals surface area contributed by atoms with Crippen molar-refractivity contribution in [2.75, 3.05) is 19.7 Å².